The molecule has 0 saturated carbocycles. The molecule has 4 aromatic rings. The number of rotatable bonds is 6. The summed E-state index contributed by atoms with van der Waals surface area (Å²) in [7, 11) is 0. The van der Waals surface area contributed by atoms with E-state index in [-0.39, 0.29) is 30.4 Å². The lowest BCUT2D eigenvalue weighted by molar-refractivity contribution is -0.142. The van der Waals surface area contributed by atoms with Crippen LogP contribution in [0.25, 0.3) is 16.9 Å². The van der Waals surface area contributed by atoms with Crippen molar-refractivity contribution in [1.29, 1.82) is 5.26 Å². The molecular weight excluding hydrogens is 498 g/mol. The van der Waals surface area contributed by atoms with Gasteiger partial charge in [0.05, 0.1) is 35.2 Å². The van der Waals surface area contributed by atoms with Crippen LogP contribution in [0, 0.1) is 11.3 Å². The number of para-hydroxylation sites is 1. The number of aromatic nitrogens is 3. The van der Waals surface area contributed by atoms with Gasteiger partial charge in [-0.15, -0.1) is 11.3 Å². The van der Waals surface area contributed by atoms with Crippen molar-refractivity contribution in [3.63, 3.8) is 0 Å². The fourth-order valence-electron chi connectivity index (χ4n) is 4.07. The molecule has 1 aliphatic heterocycles. The van der Waals surface area contributed by atoms with E-state index in [0.29, 0.717) is 26.3 Å². The van der Waals surface area contributed by atoms with Crippen LogP contribution in [0.3, 0.4) is 0 Å². The molecule has 8 nitrogen and oxygen atoms in total. The van der Waals surface area contributed by atoms with Crippen LogP contribution in [0.4, 0.5) is 0 Å². The van der Waals surface area contributed by atoms with Crippen molar-refractivity contribution in [2.24, 2.45) is 5.73 Å². The molecule has 0 spiro atoms. The van der Waals surface area contributed by atoms with Gasteiger partial charge in [-0.1, -0.05) is 60.1 Å². The minimum absolute atomic E-state index is 0.0219. The van der Waals surface area contributed by atoms with Crippen molar-refractivity contribution in [3.8, 4) is 28.9 Å². The molecule has 1 atom stereocenters. The van der Waals surface area contributed by atoms with E-state index in [4.69, 9.17) is 31.9 Å². The summed E-state index contributed by atoms with van der Waals surface area (Å²) in [4.78, 5) is 17.2. The summed E-state index contributed by atoms with van der Waals surface area (Å²) in [5.41, 5.74) is 9.17. The van der Waals surface area contributed by atoms with E-state index in [1.807, 2.05) is 60.7 Å². The first-order chi connectivity index (χ1) is 17.5. The Morgan fingerprint density at radius 3 is 2.58 bits per heavy atom. The number of hydrogen-bond acceptors (Lipinski definition) is 8. The largest absolute Gasteiger partial charge is 0.466 e. The fraction of sp³-hybridized carbons (Fsp3) is 0.154. The van der Waals surface area contributed by atoms with Gasteiger partial charge in [0, 0.05) is 11.1 Å². The molecule has 0 aliphatic carbocycles. The Kier molecular flexibility index (Phi) is 6.46. The molecule has 36 heavy (non-hydrogen) atoms. The Morgan fingerprint density at radius 2 is 1.92 bits per heavy atom. The number of allylic oxidation sites excluding steroid dienone is 1. The van der Waals surface area contributed by atoms with E-state index in [1.165, 1.54) is 11.3 Å². The summed E-state index contributed by atoms with van der Waals surface area (Å²) in [6.45, 7) is 2.01. The minimum Gasteiger partial charge on any atom is -0.466 e. The molecule has 2 aromatic carbocycles. The molecule has 2 N–H and O–H groups in total. The summed E-state index contributed by atoms with van der Waals surface area (Å²) >= 11 is 8.27. The minimum atomic E-state index is -0.688. The zero-order chi connectivity index (χ0) is 25.2. The zero-order valence-corrected chi connectivity index (χ0v) is 20.7. The average Bonchev–Trinajstić information content (AvgIpc) is 3.44. The standard InChI is InChI=1S/C26H20ClN5O3S/c1-2-34-19(33)13-18-30-26-23(36-18)20(17(14-28)25(29)35-26)21-22(15-9-5-3-6-10-15)31-32(24(21)27)16-11-7-4-8-12-16/h3-12,20H,2,13,29H2,1H3. The second kappa shape index (κ2) is 9.85. The van der Waals surface area contributed by atoms with Crippen LogP contribution >= 0.6 is 22.9 Å². The third kappa shape index (κ3) is 4.21. The smallest absolute Gasteiger partial charge is 0.312 e. The lowest BCUT2D eigenvalue weighted by atomic mass is 9.88. The second-order valence-corrected chi connectivity index (χ2v) is 9.32. The molecule has 10 heteroatoms. The van der Waals surface area contributed by atoms with Crippen molar-refractivity contribution in [2.45, 2.75) is 19.3 Å². The van der Waals surface area contributed by atoms with Gasteiger partial charge in [-0.3, -0.25) is 4.79 Å². The quantitative estimate of drug-likeness (QED) is 0.359. The van der Waals surface area contributed by atoms with Crippen LogP contribution in [-0.2, 0) is 16.0 Å². The van der Waals surface area contributed by atoms with E-state index in [0.717, 1.165) is 11.3 Å². The number of fused-ring (bicyclic) bond motifs is 1. The zero-order valence-electron chi connectivity index (χ0n) is 19.1. The van der Waals surface area contributed by atoms with Gasteiger partial charge in [0.25, 0.3) is 0 Å². The molecule has 1 aliphatic rings. The van der Waals surface area contributed by atoms with E-state index in [1.54, 1.807) is 11.6 Å². The Hall–Kier alpha value is -4.13. The number of thiazole rings is 1. The predicted octanol–water partition coefficient (Wildman–Crippen LogP) is 4.97. The molecule has 0 amide bonds. The van der Waals surface area contributed by atoms with Crippen molar-refractivity contribution in [2.75, 3.05) is 6.61 Å². The van der Waals surface area contributed by atoms with Crippen LogP contribution < -0.4 is 10.5 Å². The third-order valence-corrected chi connectivity index (χ3v) is 7.07. The number of nitriles is 1. The number of esters is 1. The first-order valence-corrected chi connectivity index (χ1v) is 12.3. The predicted molar refractivity (Wildman–Crippen MR) is 136 cm³/mol. The molecule has 0 fully saturated rings. The molecule has 180 valence electrons. The second-order valence-electron chi connectivity index (χ2n) is 7.85. The van der Waals surface area contributed by atoms with Gasteiger partial charge in [0.15, 0.2) is 0 Å². The van der Waals surface area contributed by atoms with Crippen molar-refractivity contribution >= 4 is 28.9 Å². The maximum absolute atomic E-state index is 12.1. The highest BCUT2D eigenvalue weighted by Crippen LogP contribution is 2.49. The van der Waals surface area contributed by atoms with Crippen molar-refractivity contribution < 1.29 is 14.3 Å². The van der Waals surface area contributed by atoms with Crippen molar-refractivity contribution in [1.82, 2.24) is 14.8 Å². The average molecular weight is 518 g/mol. The summed E-state index contributed by atoms with van der Waals surface area (Å²) < 4.78 is 12.4. The fourth-order valence-corrected chi connectivity index (χ4v) is 5.51. The third-order valence-electron chi connectivity index (χ3n) is 5.61. The number of benzene rings is 2. The number of carbonyl (C=O) groups is 1. The molecule has 3 heterocycles. The summed E-state index contributed by atoms with van der Waals surface area (Å²) in [5, 5.41) is 15.8. The van der Waals surface area contributed by atoms with Crippen molar-refractivity contribution in [3.05, 3.63) is 92.7 Å². The highest BCUT2D eigenvalue weighted by molar-refractivity contribution is 7.12. The van der Waals surface area contributed by atoms with E-state index < -0.39 is 11.9 Å². The number of carbonyl (C=O) groups excluding carboxylic acids is 1. The van der Waals surface area contributed by atoms with Crippen LogP contribution in [0.5, 0.6) is 5.88 Å². The first kappa shape index (κ1) is 23.6. The van der Waals surface area contributed by atoms with Gasteiger partial charge in [-0.25, -0.2) is 9.67 Å². The van der Waals surface area contributed by atoms with E-state index in [2.05, 4.69) is 11.1 Å². The van der Waals surface area contributed by atoms with Gasteiger partial charge in [-0.2, -0.15) is 10.4 Å². The number of halogens is 1. The van der Waals surface area contributed by atoms with E-state index in [9.17, 15) is 10.1 Å². The molecule has 0 radical (unpaired) electrons. The van der Waals surface area contributed by atoms with Crippen LogP contribution in [0.2, 0.25) is 5.15 Å². The molecule has 5 rings (SSSR count). The van der Waals surface area contributed by atoms with Crippen LogP contribution in [0.15, 0.2) is 72.1 Å². The maximum atomic E-state index is 12.1. The highest BCUT2D eigenvalue weighted by atomic mass is 35.5. The monoisotopic (exact) mass is 517 g/mol. The maximum Gasteiger partial charge on any atom is 0.312 e. The van der Waals surface area contributed by atoms with Gasteiger partial charge in [0.2, 0.25) is 11.8 Å². The summed E-state index contributed by atoms with van der Waals surface area (Å²) in [5.74, 6) is -0.914. The Balaban J connectivity index is 1.73. The molecule has 0 saturated heterocycles. The van der Waals surface area contributed by atoms with Gasteiger partial charge >= 0.3 is 5.97 Å². The van der Waals surface area contributed by atoms with Crippen LogP contribution in [-0.4, -0.2) is 27.3 Å². The lowest BCUT2D eigenvalue weighted by Crippen LogP contribution is -2.20. The Bertz CT molecular complexity index is 1510. The summed E-state index contributed by atoms with van der Waals surface area (Å²) in [6.07, 6.45) is -0.0219. The summed E-state index contributed by atoms with van der Waals surface area (Å²) in [6, 6.07) is 21.3. The van der Waals surface area contributed by atoms with Crippen LogP contribution in [0.1, 0.15) is 28.3 Å². The topological polar surface area (TPSA) is 116 Å². The lowest BCUT2D eigenvalue weighted by Gasteiger charge is -2.22. The molecule has 1 unspecified atom stereocenters. The van der Waals surface area contributed by atoms with Gasteiger partial charge in [0.1, 0.15) is 21.8 Å². The Labute approximate surface area is 216 Å². The molecule has 2 aromatic heterocycles. The number of nitrogens with zero attached hydrogens (tertiary/aromatic N) is 4. The molecular formula is C26H20ClN5O3S. The number of ether oxygens (including phenoxy) is 2. The normalized spacial score (nSPS) is 14.6. The van der Waals surface area contributed by atoms with Gasteiger partial charge in [-0.05, 0) is 19.1 Å². The number of hydrogen-bond donors (Lipinski definition) is 1. The highest BCUT2D eigenvalue weighted by Gasteiger charge is 2.39. The number of nitrogens with two attached hydrogens (primary N) is 1. The first-order valence-electron chi connectivity index (χ1n) is 11.1. The SMILES string of the molecule is CCOC(=O)Cc1nc2c(s1)C(c1c(-c3ccccc3)nn(-c3ccccc3)c1Cl)C(C#N)=C(N)O2. The molecule has 0 bridgehead atoms. The van der Waals surface area contributed by atoms with Gasteiger partial charge < -0.3 is 15.2 Å². The van der Waals surface area contributed by atoms with E-state index >= 15 is 0 Å². The Morgan fingerprint density at radius 1 is 1.22 bits per heavy atom.